The van der Waals surface area contributed by atoms with Gasteiger partial charge in [0.2, 0.25) is 0 Å². The minimum Gasteiger partial charge on any atom is -0.332 e. The quantitative estimate of drug-likeness (QED) is 0.728. The predicted molar refractivity (Wildman–Crippen MR) is 94.8 cm³/mol. The second kappa shape index (κ2) is 6.22. The Kier molecular flexibility index (Phi) is 4.34. The van der Waals surface area contributed by atoms with E-state index in [0.717, 1.165) is 12.1 Å². The van der Waals surface area contributed by atoms with Crippen molar-refractivity contribution >= 4 is 51.9 Å². The number of fused-ring (bicyclic) bond motifs is 1. The van der Waals surface area contributed by atoms with Crippen LogP contribution in [0.3, 0.4) is 0 Å². The maximum atomic E-state index is 6.14. The minimum absolute atomic E-state index is 0.470. The van der Waals surface area contributed by atoms with E-state index in [-0.39, 0.29) is 0 Å². The summed E-state index contributed by atoms with van der Waals surface area (Å²) in [6.07, 6.45) is 3.56. The van der Waals surface area contributed by atoms with Crippen LogP contribution in [0.4, 0.5) is 11.4 Å². The first-order valence-corrected chi connectivity index (χ1v) is 7.94. The highest BCUT2D eigenvalue weighted by Gasteiger charge is 2.11. The molecule has 2 N–H and O–H groups in total. The Morgan fingerprint density at radius 3 is 2.67 bits per heavy atom. The van der Waals surface area contributed by atoms with E-state index in [1.54, 1.807) is 6.07 Å². The normalized spacial score (nSPS) is 12.9. The first-order chi connectivity index (χ1) is 10.1. The van der Waals surface area contributed by atoms with E-state index in [9.17, 15) is 0 Å². The molecule has 0 amide bonds. The van der Waals surface area contributed by atoms with Crippen molar-refractivity contribution in [2.24, 2.45) is 0 Å². The fourth-order valence-corrected chi connectivity index (χ4v) is 3.11. The van der Waals surface area contributed by atoms with E-state index >= 15 is 0 Å². The van der Waals surface area contributed by atoms with Gasteiger partial charge >= 0.3 is 0 Å². The van der Waals surface area contributed by atoms with Crippen LogP contribution in [0.25, 0.3) is 0 Å². The van der Waals surface area contributed by atoms with Gasteiger partial charge in [0.05, 0.1) is 15.7 Å². The van der Waals surface area contributed by atoms with E-state index in [1.165, 1.54) is 24.0 Å². The Bertz CT molecular complexity index is 701. The number of aryl methyl sites for hydroxylation is 2. The molecule has 0 bridgehead atoms. The largest absolute Gasteiger partial charge is 0.332 e. The van der Waals surface area contributed by atoms with Crippen molar-refractivity contribution in [1.29, 1.82) is 0 Å². The lowest BCUT2D eigenvalue weighted by molar-refractivity contribution is 0.912. The van der Waals surface area contributed by atoms with Crippen molar-refractivity contribution in [1.82, 2.24) is 0 Å². The molecule has 0 saturated heterocycles. The summed E-state index contributed by atoms with van der Waals surface area (Å²) < 4.78 is 0. The van der Waals surface area contributed by atoms with Crippen LogP contribution < -0.4 is 10.6 Å². The maximum absolute atomic E-state index is 6.14. The van der Waals surface area contributed by atoms with Gasteiger partial charge in [-0.25, -0.2) is 0 Å². The molecule has 1 aliphatic rings. The lowest BCUT2D eigenvalue weighted by atomic mass is 10.1. The van der Waals surface area contributed by atoms with E-state index in [0.29, 0.717) is 20.8 Å². The third-order valence-electron chi connectivity index (χ3n) is 3.56. The average molecular weight is 337 g/mol. The van der Waals surface area contributed by atoms with E-state index in [1.807, 2.05) is 12.1 Å². The SMILES string of the molecule is S=C(Nc1ccc2c(c1)CCC2)Nc1cccc(Cl)c1Cl. The van der Waals surface area contributed by atoms with Crippen molar-refractivity contribution in [3.05, 3.63) is 57.6 Å². The summed E-state index contributed by atoms with van der Waals surface area (Å²) in [5.41, 5.74) is 4.54. The molecule has 0 atom stereocenters. The van der Waals surface area contributed by atoms with Crippen molar-refractivity contribution in [3.63, 3.8) is 0 Å². The van der Waals surface area contributed by atoms with Gasteiger partial charge in [-0.3, -0.25) is 0 Å². The molecule has 2 nitrogen and oxygen atoms in total. The van der Waals surface area contributed by atoms with Gasteiger partial charge in [0.15, 0.2) is 5.11 Å². The molecule has 2 aromatic carbocycles. The second-order valence-corrected chi connectivity index (χ2v) is 6.21. The van der Waals surface area contributed by atoms with Gasteiger partial charge in [-0.1, -0.05) is 35.3 Å². The fourth-order valence-electron chi connectivity index (χ4n) is 2.53. The Labute approximate surface area is 139 Å². The number of thiocarbonyl (C=S) groups is 1. The molecule has 0 aliphatic heterocycles. The zero-order valence-electron chi connectivity index (χ0n) is 11.2. The fraction of sp³-hybridized carbons (Fsp3) is 0.188. The number of hydrogen-bond acceptors (Lipinski definition) is 1. The molecule has 3 rings (SSSR count). The van der Waals surface area contributed by atoms with Gasteiger partial charge in [-0.15, -0.1) is 0 Å². The highest BCUT2D eigenvalue weighted by Crippen LogP contribution is 2.30. The molecule has 0 spiro atoms. The Morgan fingerprint density at radius 1 is 1.00 bits per heavy atom. The van der Waals surface area contributed by atoms with Crippen LogP contribution in [-0.2, 0) is 12.8 Å². The second-order valence-electron chi connectivity index (χ2n) is 5.02. The van der Waals surface area contributed by atoms with Gasteiger partial charge in [0, 0.05) is 5.69 Å². The van der Waals surface area contributed by atoms with Crippen molar-refractivity contribution in [2.75, 3.05) is 10.6 Å². The van der Waals surface area contributed by atoms with Crippen LogP contribution in [0.15, 0.2) is 36.4 Å². The Balaban J connectivity index is 1.70. The van der Waals surface area contributed by atoms with E-state index in [2.05, 4.69) is 28.8 Å². The lowest BCUT2D eigenvalue weighted by Crippen LogP contribution is -2.19. The molecular formula is C16H14Cl2N2S. The van der Waals surface area contributed by atoms with E-state index in [4.69, 9.17) is 35.4 Å². The molecule has 0 heterocycles. The predicted octanol–water partition coefficient (Wildman–Crippen LogP) is 5.29. The van der Waals surface area contributed by atoms with Gasteiger partial charge in [-0.2, -0.15) is 0 Å². The molecule has 0 unspecified atom stereocenters. The summed E-state index contributed by atoms with van der Waals surface area (Å²) in [6.45, 7) is 0. The van der Waals surface area contributed by atoms with Crippen LogP contribution in [-0.4, -0.2) is 5.11 Å². The van der Waals surface area contributed by atoms with Crippen LogP contribution in [0.1, 0.15) is 17.5 Å². The van der Waals surface area contributed by atoms with Crippen molar-refractivity contribution in [3.8, 4) is 0 Å². The number of hydrogen-bond donors (Lipinski definition) is 2. The number of halogens is 2. The monoisotopic (exact) mass is 336 g/mol. The van der Waals surface area contributed by atoms with Crippen LogP contribution in [0.5, 0.6) is 0 Å². The van der Waals surface area contributed by atoms with Crippen molar-refractivity contribution < 1.29 is 0 Å². The lowest BCUT2D eigenvalue weighted by Gasteiger charge is -2.13. The molecule has 0 radical (unpaired) electrons. The summed E-state index contributed by atoms with van der Waals surface area (Å²) in [5, 5.41) is 7.73. The number of anilines is 2. The molecule has 1 aliphatic carbocycles. The van der Waals surface area contributed by atoms with Gasteiger partial charge < -0.3 is 10.6 Å². The molecule has 0 saturated carbocycles. The van der Waals surface area contributed by atoms with E-state index < -0.39 is 0 Å². The van der Waals surface area contributed by atoms with Crippen molar-refractivity contribution in [2.45, 2.75) is 19.3 Å². The molecular weight excluding hydrogens is 323 g/mol. The minimum atomic E-state index is 0.470. The smallest absolute Gasteiger partial charge is 0.175 e. The number of rotatable bonds is 2. The summed E-state index contributed by atoms with van der Waals surface area (Å²) >= 11 is 17.4. The van der Waals surface area contributed by atoms with Gasteiger partial charge in [-0.05, 0) is 66.9 Å². The van der Waals surface area contributed by atoms with Crippen LogP contribution in [0, 0.1) is 0 Å². The van der Waals surface area contributed by atoms with Crippen LogP contribution in [0.2, 0.25) is 10.0 Å². The Hall–Kier alpha value is -1.29. The standard InChI is InChI=1S/C16H14Cl2N2S/c17-13-5-2-6-14(15(13)18)20-16(21)19-12-8-7-10-3-1-4-11(10)9-12/h2,5-9H,1,3-4H2,(H2,19,20,21). The molecule has 0 fully saturated rings. The molecule has 21 heavy (non-hydrogen) atoms. The van der Waals surface area contributed by atoms with Crippen LogP contribution >= 0.6 is 35.4 Å². The number of nitrogens with one attached hydrogen (secondary N) is 2. The highest BCUT2D eigenvalue weighted by molar-refractivity contribution is 7.80. The zero-order chi connectivity index (χ0) is 14.8. The third-order valence-corrected chi connectivity index (χ3v) is 4.58. The zero-order valence-corrected chi connectivity index (χ0v) is 13.6. The summed E-state index contributed by atoms with van der Waals surface area (Å²) in [5.74, 6) is 0. The first kappa shape index (κ1) is 14.6. The molecule has 5 heteroatoms. The molecule has 0 aromatic heterocycles. The summed E-state index contributed by atoms with van der Waals surface area (Å²) in [4.78, 5) is 0. The molecule has 2 aromatic rings. The van der Waals surface area contributed by atoms with Gasteiger partial charge in [0.1, 0.15) is 0 Å². The third kappa shape index (κ3) is 3.31. The average Bonchev–Trinajstić information content (AvgIpc) is 2.91. The Morgan fingerprint density at radius 2 is 1.81 bits per heavy atom. The highest BCUT2D eigenvalue weighted by atomic mass is 35.5. The first-order valence-electron chi connectivity index (χ1n) is 6.77. The summed E-state index contributed by atoms with van der Waals surface area (Å²) in [7, 11) is 0. The van der Waals surface area contributed by atoms with Gasteiger partial charge in [0.25, 0.3) is 0 Å². The maximum Gasteiger partial charge on any atom is 0.175 e. The summed E-state index contributed by atoms with van der Waals surface area (Å²) in [6, 6.07) is 11.8. The number of benzene rings is 2. The topological polar surface area (TPSA) is 24.1 Å². The molecule has 108 valence electrons.